The largest absolute Gasteiger partial charge is 0.459 e. The Kier molecular flexibility index (Phi) is 7.82. The van der Waals surface area contributed by atoms with Crippen molar-refractivity contribution in [2.24, 2.45) is 0 Å². The van der Waals surface area contributed by atoms with Gasteiger partial charge in [-0.15, -0.1) is 11.3 Å². The van der Waals surface area contributed by atoms with Gasteiger partial charge in [0.25, 0.3) is 18.8 Å². The van der Waals surface area contributed by atoms with Gasteiger partial charge in [0.05, 0.1) is 18.2 Å². The number of nitrogens with one attached hydrogen (secondary N) is 1. The molecule has 12 heteroatoms. The van der Waals surface area contributed by atoms with Crippen LogP contribution >= 0.6 is 11.3 Å². The van der Waals surface area contributed by atoms with E-state index in [4.69, 9.17) is 9.15 Å². The third-order valence-electron chi connectivity index (χ3n) is 5.95. The Bertz CT molecular complexity index is 1250. The summed E-state index contributed by atoms with van der Waals surface area (Å²) in [6.45, 7) is 3.34. The van der Waals surface area contributed by atoms with Gasteiger partial charge in [-0.25, -0.2) is 22.4 Å². The van der Waals surface area contributed by atoms with E-state index >= 15 is 0 Å². The predicted molar refractivity (Wildman–Crippen MR) is 124 cm³/mol. The quantitative estimate of drug-likeness (QED) is 0.252. The number of amides is 1. The molecule has 0 radical (unpaired) electrons. The SMILES string of the molecule is CCC(C)OC(=O)c1c(NC(=O)c2ccc(Cn3nc(C(F)F)cc3C(F)F)o2)sc2c1CCCC2. The second kappa shape index (κ2) is 10.9. The number of carbonyl (C=O) groups is 2. The van der Waals surface area contributed by atoms with E-state index in [1.54, 1.807) is 6.92 Å². The Balaban J connectivity index is 1.54. The number of ether oxygens (including phenoxy) is 1. The fraction of sp³-hybridized carbons (Fsp3) is 0.458. The minimum Gasteiger partial charge on any atom is -0.459 e. The molecule has 1 aliphatic carbocycles. The molecule has 194 valence electrons. The van der Waals surface area contributed by atoms with Gasteiger partial charge in [0, 0.05) is 4.88 Å². The molecule has 0 aliphatic heterocycles. The molecule has 3 heterocycles. The van der Waals surface area contributed by atoms with Gasteiger partial charge in [0.15, 0.2) is 5.76 Å². The summed E-state index contributed by atoms with van der Waals surface area (Å²) in [7, 11) is 0. The number of thiophene rings is 1. The number of anilines is 1. The molecule has 0 spiro atoms. The average Bonchev–Trinajstić information content (AvgIpc) is 3.55. The van der Waals surface area contributed by atoms with Gasteiger partial charge < -0.3 is 14.5 Å². The number of alkyl halides is 4. The van der Waals surface area contributed by atoms with Gasteiger partial charge in [0.1, 0.15) is 22.1 Å². The van der Waals surface area contributed by atoms with E-state index in [9.17, 15) is 27.2 Å². The van der Waals surface area contributed by atoms with Gasteiger partial charge in [-0.2, -0.15) is 5.10 Å². The van der Waals surface area contributed by atoms with E-state index in [0.29, 0.717) is 29.5 Å². The maximum Gasteiger partial charge on any atom is 0.341 e. The Morgan fingerprint density at radius 2 is 1.94 bits per heavy atom. The first-order valence-corrected chi connectivity index (χ1v) is 12.4. The van der Waals surface area contributed by atoms with Crippen molar-refractivity contribution in [3.8, 4) is 0 Å². The lowest BCUT2D eigenvalue weighted by molar-refractivity contribution is 0.0334. The van der Waals surface area contributed by atoms with E-state index < -0.39 is 36.1 Å². The normalized spacial score (nSPS) is 14.2. The highest BCUT2D eigenvalue weighted by Crippen LogP contribution is 2.39. The summed E-state index contributed by atoms with van der Waals surface area (Å²) in [6, 6.07) is 3.37. The van der Waals surface area contributed by atoms with E-state index in [0.717, 1.165) is 34.4 Å². The second-order valence-corrected chi connectivity index (χ2v) is 9.62. The van der Waals surface area contributed by atoms with Gasteiger partial charge >= 0.3 is 5.97 Å². The molecule has 0 saturated carbocycles. The first-order chi connectivity index (χ1) is 17.2. The van der Waals surface area contributed by atoms with Crippen molar-refractivity contribution in [3.05, 3.63) is 57.1 Å². The smallest absolute Gasteiger partial charge is 0.341 e. The van der Waals surface area contributed by atoms with E-state index in [1.807, 2.05) is 6.92 Å². The maximum absolute atomic E-state index is 13.2. The van der Waals surface area contributed by atoms with Crippen molar-refractivity contribution in [2.45, 2.75) is 71.5 Å². The summed E-state index contributed by atoms with van der Waals surface area (Å²) >= 11 is 1.33. The molecule has 1 unspecified atom stereocenters. The molecular weight excluding hydrogens is 502 g/mol. The van der Waals surface area contributed by atoms with Crippen LogP contribution in [-0.2, 0) is 24.1 Å². The topological polar surface area (TPSA) is 86.4 Å². The molecular formula is C24H25F4N3O4S. The van der Waals surface area contributed by atoms with Crippen LogP contribution in [0.5, 0.6) is 0 Å². The van der Waals surface area contributed by atoms with Crippen molar-refractivity contribution in [1.82, 2.24) is 9.78 Å². The highest BCUT2D eigenvalue weighted by atomic mass is 32.1. The summed E-state index contributed by atoms with van der Waals surface area (Å²) in [5.41, 5.74) is -0.203. The average molecular weight is 528 g/mol. The number of esters is 1. The number of hydrogen-bond donors (Lipinski definition) is 1. The summed E-state index contributed by atoms with van der Waals surface area (Å²) < 4.78 is 64.1. The van der Waals surface area contributed by atoms with Gasteiger partial charge in [-0.05, 0) is 62.8 Å². The lowest BCUT2D eigenvalue weighted by Crippen LogP contribution is -2.18. The lowest BCUT2D eigenvalue weighted by atomic mass is 9.95. The number of halogens is 4. The third-order valence-corrected chi connectivity index (χ3v) is 7.16. The zero-order valence-corrected chi connectivity index (χ0v) is 20.5. The number of carbonyl (C=O) groups excluding carboxylic acids is 2. The molecule has 0 fully saturated rings. The number of hydrogen-bond acceptors (Lipinski definition) is 6. The number of aryl methyl sites for hydroxylation is 1. The van der Waals surface area contributed by atoms with Crippen LogP contribution in [0, 0.1) is 0 Å². The van der Waals surface area contributed by atoms with Crippen molar-refractivity contribution in [2.75, 3.05) is 5.32 Å². The van der Waals surface area contributed by atoms with Crippen LogP contribution < -0.4 is 5.32 Å². The number of fused-ring (bicyclic) bond motifs is 1. The zero-order chi connectivity index (χ0) is 26.0. The molecule has 0 saturated heterocycles. The fourth-order valence-electron chi connectivity index (χ4n) is 3.95. The molecule has 4 rings (SSSR count). The maximum atomic E-state index is 13.2. The van der Waals surface area contributed by atoms with Gasteiger partial charge in [-0.3, -0.25) is 9.48 Å². The van der Waals surface area contributed by atoms with E-state index in [2.05, 4.69) is 10.4 Å². The standard InChI is InChI=1S/C24H25F4N3O4S/c1-3-12(2)34-24(33)19-14-6-4-5-7-18(14)36-23(19)29-22(32)17-9-8-13(35-17)11-31-16(21(27)28)10-15(30-31)20(25)26/h8-10,12,20-21H,3-7,11H2,1-2H3,(H,29,32). The van der Waals surface area contributed by atoms with Crippen LogP contribution in [0.1, 0.15) is 94.5 Å². The summed E-state index contributed by atoms with van der Waals surface area (Å²) in [5, 5.41) is 6.62. The molecule has 1 amide bonds. The van der Waals surface area contributed by atoms with Crippen molar-refractivity contribution < 1.29 is 36.3 Å². The Labute approximate surface area is 208 Å². The number of furan rings is 1. The Morgan fingerprint density at radius 3 is 2.64 bits per heavy atom. The lowest BCUT2D eigenvalue weighted by Gasteiger charge is -2.15. The third kappa shape index (κ3) is 5.48. The van der Waals surface area contributed by atoms with Crippen LogP contribution in [0.25, 0.3) is 0 Å². The van der Waals surface area contributed by atoms with Crippen LogP contribution in [0.2, 0.25) is 0 Å². The fourth-order valence-corrected chi connectivity index (χ4v) is 5.23. The molecule has 3 aromatic rings. The Morgan fingerprint density at radius 1 is 1.19 bits per heavy atom. The number of aromatic nitrogens is 2. The first kappa shape index (κ1) is 25.9. The Hall–Kier alpha value is -3.15. The molecule has 0 aromatic carbocycles. The highest BCUT2D eigenvalue weighted by Gasteiger charge is 2.29. The second-order valence-electron chi connectivity index (χ2n) is 8.51. The molecule has 7 nitrogen and oxygen atoms in total. The van der Waals surface area contributed by atoms with Gasteiger partial charge in [0.2, 0.25) is 0 Å². The summed E-state index contributed by atoms with van der Waals surface area (Å²) in [5.74, 6) is -1.18. The van der Waals surface area contributed by atoms with Crippen molar-refractivity contribution in [1.29, 1.82) is 0 Å². The number of rotatable bonds is 9. The van der Waals surface area contributed by atoms with Crippen molar-refractivity contribution in [3.63, 3.8) is 0 Å². The minimum atomic E-state index is -3.01. The molecule has 1 aliphatic rings. The monoisotopic (exact) mass is 527 g/mol. The minimum absolute atomic E-state index is 0.0767. The molecule has 0 bridgehead atoms. The molecule has 1 atom stereocenters. The summed E-state index contributed by atoms with van der Waals surface area (Å²) in [6.07, 6.45) is -2.19. The first-order valence-electron chi connectivity index (χ1n) is 11.6. The number of nitrogens with zero attached hydrogens (tertiary/aromatic N) is 2. The van der Waals surface area contributed by atoms with Crippen LogP contribution in [0.3, 0.4) is 0 Å². The zero-order valence-electron chi connectivity index (χ0n) is 19.7. The van der Waals surface area contributed by atoms with E-state index in [1.165, 1.54) is 23.5 Å². The van der Waals surface area contributed by atoms with Crippen LogP contribution in [0.4, 0.5) is 22.6 Å². The van der Waals surface area contributed by atoms with Crippen LogP contribution in [0.15, 0.2) is 22.6 Å². The predicted octanol–water partition coefficient (Wildman–Crippen LogP) is 6.55. The molecule has 1 N–H and O–H groups in total. The molecule has 36 heavy (non-hydrogen) atoms. The summed E-state index contributed by atoms with van der Waals surface area (Å²) in [4.78, 5) is 26.9. The van der Waals surface area contributed by atoms with Crippen molar-refractivity contribution >= 4 is 28.2 Å². The van der Waals surface area contributed by atoms with Gasteiger partial charge in [-0.1, -0.05) is 6.92 Å². The molecule has 3 aromatic heterocycles. The van der Waals surface area contributed by atoms with Crippen LogP contribution in [-0.4, -0.2) is 27.8 Å². The highest BCUT2D eigenvalue weighted by molar-refractivity contribution is 7.17. The van der Waals surface area contributed by atoms with E-state index in [-0.39, 0.29) is 24.2 Å².